The van der Waals surface area contributed by atoms with Gasteiger partial charge in [-0.25, -0.2) is 13.2 Å². The second-order valence-electron chi connectivity index (χ2n) is 5.03. The number of rotatable bonds is 5. The van der Waals surface area contributed by atoms with Gasteiger partial charge in [0.25, 0.3) is 0 Å². The van der Waals surface area contributed by atoms with Crippen molar-refractivity contribution in [1.82, 2.24) is 10.2 Å². The van der Waals surface area contributed by atoms with E-state index in [1.54, 1.807) is 6.92 Å². The van der Waals surface area contributed by atoms with E-state index in [0.717, 1.165) is 12.7 Å². The summed E-state index contributed by atoms with van der Waals surface area (Å²) in [6.45, 7) is 2.12. The minimum Gasteiger partial charge on any atom is -0.481 e. The number of carboxylic acid groups (broad SMARTS) is 1. The van der Waals surface area contributed by atoms with Crippen LogP contribution in [0.25, 0.3) is 0 Å². The molecule has 0 aliphatic carbocycles. The Morgan fingerprint density at radius 2 is 2.11 bits per heavy atom. The summed E-state index contributed by atoms with van der Waals surface area (Å²) >= 11 is 0. The Morgan fingerprint density at radius 3 is 2.63 bits per heavy atom. The molecule has 0 saturated carbocycles. The van der Waals surface area contributed by atoms with E-state index in [-0.39, 0.29) is 24.2 Å². The molecule has 7 nitrogen and oxygen atoms in total. The van der Waals surface area contributed by atoms with Gasteiger partial charge in [-0.2, -0.15) is 0 Å². The summed E-state index contributed by atoms with van der Waals surface area (Å²) in [5, 5.41) is 11.4. The second-order valence-corrected chi connectivity index (χ2v) is 7.22. The number of hydrogen-bond acceptors (Lipinski definition) is 4. The molecule has 1 heterocycles. The Kier molecular flexibility index (Phi) is 5.16. The molecule has 1 fully saturated rings. The number of carbonyl (C=O) groups is 2. The fraction of sp³-hybridized carbons (Fsp3) is 0.818. The van der Waals surface area contributed by atoms with Gasteiger partial charge < -0.3 is 15.3 Å². The molecular weight excluding hydrogens is 272 g/mol. The standard InChI is InChI=1S/C11H20N2O5S/c1-8(7-19(2,17)18)12-11(16)13-5-3-4-9(13)6-10(14)15/h8-9H,3-7H2,1-2H3,(H,12,16)(H,14,15). The average molecular weight is 292 g/mol. The summed E-state index contributed by atoms with van der Waals surface area (Å²) in [5.41, 5.74) is 0. The first kappa shape index (κ1) is 15.7. The van der Waals surface area contributed by atoms with Crippen molar-refractivity contribution >= 4 is 21.8 Å². The van der Waals surface area contributed by atoms with Crippen molar-refractivity contribution in [2.24, 2.45) is 0 Å². The van der Waals surface area contributed by atoms with Crippen LogP contribution in [0.5, 0.6) is 0 Å². The number of nitrogens with zero attached hydrogens (tertiary/aromatic N) is 1. The highest BCUT2D eigenvalue weighted by atomic mass is 32.2. The number of urea groups is 1. The molecule has 0 aromatic heterocycles. The van der Waals surface area contributed by atoms with Crippen LogP contribution >= 0.6 is 0 Å². The van der Waals surface area contributed by atoms with Crippen molar-refractivity contribution in [1.29, 1.82) is 0 Å². The highest BCUT2D eigenvalue weighted by Gasteiger charge is 2.31. The van der Waals surface area contributed by atoms with Crippen molar-refractivity contribution in [3.8, 4) is 0 Å². The van der Waals surface area contributed by atoms with Crippen LogP contribution in [0.1, 0.15) is 26.2 Å². The van der Waals surface area contributed by atoms with Crippen LogP contribution in [0.3, 0.4) is 0 Å². The SMILES string of the molecule is CC(CS(C)(=O)=O)NC(=O)N1CCCC1CC(=O)O. The van der Waals surface area contributed by atoms with Crippen LogP contribution in [0.15, 0.2) is 0 Å². The first-order chi connectivity index (χ1) is 8.69. The molecule has 8 heteroatoms. The Hall–Kier alpha value is -1.31. The van der Waals surface area contributed by atoms with E-state index in [0.29, 0.717) is 13.0 Å². The van der Waals surface area contributed by atoms with Gasteiger partial charge in [-0.3, -0.25) is 4.79 Å². The summed E-state index contributed by atoms with van der Waals surface area (Å²) in [5.74, 6) is -1.07. The van der Waals surface area contributed by atoms with Crippen LogP contribution in [-0.2, 0) is 14.6 Å². The summed E-state index contributed by atoms with van der Waals surface area (Å²) in [4.78, 5) is 24.1. The van der Waals surface area contributed by atoms with Crippen molar-refractivity contribution in [2.75, 3.05) is 18.6 Å². The minimum absolute atomic E-state index is 0.0755. The molecule has 19 heavy (non-hydrogen) atoms. The van der Waals surface area contributed by atoms with Crippen molar-refractivity contribution in [3.63, 3.8) is 0 Å². The smallest absolute Gasteiger partial charge is 0.317 e. The molecule has 0 aromatic rings. The lowest BCUT2D eigenvalue weighted by Crippen LogP contribution is -2.48. The highest BCUT2D eigenvalue weighted by Crippen LogP contribution is 2.20. The zero-order valence-corrected chi connectivity index (χ0v) is 11.9. The van der Waals surface area contributed by atoms with E-state index in [1.165, 1.54) is 4.90 Å². The molecule has 1 aliphatic rings. The van der Waals surface area contributed by atoms with Gasteiger partial charge in [0.1, 0.15) is 9.84 Å². The average Bonchev–Trinajstić information content (AvgIpc) is 2.61. The van der Waals surface area contributed by atoms with E-state index in [1.807, 2.05) is 0 Å². The number of nitrogens with one attached hydrogen (secondary N) is 1. The molecule has 2 N–H and O–H groups in total. The maximum absolute atomic E-state index is 12.0. The molecule has 1 aliphatic heterocycles. The normalized spacial score (nSPS) is 21.2. The maximum atomic E-state index is 12.0. The maximum Gasteiger partial charge on any atom is 0.317 e. The zero-order chi connectivity index (χ0) is 14.6. The summed E-state index contributed by atoms with van der Waals surface area (Å²) in [6.07, 6.45) is 2.47. The lowest BCUT2D eigenvalue weighted by molar-refractivity contribution is -0.137. The van der Waals surface area contributed by atoms with Gasteiger partial charge in [0.2, 0.25) is 0 Å². The third-order valence-electron chi connectivity index (χ3n) is 2.97. The molecule has 2 unspecified atom stereocenters. The molecule has 0 radical (unpaired) electrons. The van der Waals surface area contributed by atoms with Gasteiger partial charge in [-0.15, -0.1) is 0 Å². The lowest BCUT2D eigenvalue weighted by atomic mass is 10.1. The van der Waals surface area contributed by atoms with Crippen LogP contribution < -0.4 is 5.32 Å². The lowest BCUT2D eigenvalue weighted by Gasteiger charge is -2.25. The fourth-order valence-electron chi connectivity index (χ4n) is 2.31. The molecule has 0 spiro atoms. The van der Waals surface area contributed by atoms with Crippen molar-refractivity contribution in [3.05, 3.63) is 0 Å². The molecule has 0 aromatic carbocycles. The number of likely N-dealkylation sites (tertiary alicyclic amines) is 1. The first-order valence-electron chi connectivity index (χ1n) is 6.15. The van der Waals surface area contributed by atoms with Gasteiger partial charge in [-0.05, 0) is 19.8 Å². The molecule has 0 bridgehead atoms. The molecule has 110 valence electrons. The van der Waals surface area contributed by atoms with E-state index >= 15 is 0 Å². The van der Waals surface area contributed by atoms with E-state index in [9.17, 15) is 18.0 Å². The predicted octanol–water partition coefficient (Wildman–Crippen LogP) is 0.0682. The van der Waals surface area contributed by atoms with E-state index in [2.05, 4.69) is 5.32 Å². The van der Waals surface area contributed by atoms with Crippen LogP contribution in [0.2, 0.25) is 0 Å². The Morgan fingerprint density at radius 1 is 1.47 bits per heavy atom. The Labute approximate surface area is 112 Å². The highest BCUT2D eigenvalue weighted by molar-refractivity contribution is 7.90. The molecule has 1 rings (SSSR count). The van der Waals surface area contributed by atoms with Crippen LogP contribution in [0, 0.1) is 0 Å². The third kappa shape index (κ3) is 5.46. The number of carbonyl (C=O) groups excluding carboxylic acids is 1. The number of hydrogen-bond donors (Lipinski definition) is 2. The number of carboxylic acids is 1. The molecule has 1 saturated heterocycles. The Bertz CT molecular complexity index is 448. The monoisotopic (exact) mass is 292 g/mol. The topological polar surface area (TPSA) is 104 Å². The second kappa shape index (κ2) is 6.23. The van der Waals surface area contributed by atoms with Gasteiger partial charge >= 0.3 is 12.0 Å². The third-order valence-corrected chi connectivity index (χ3v) is 4.08. The minimum atomic E-state index is -3.15. The van der Waals surface area contributed by atoms with Gasteiger partial charge in [0.05, 0.1) is 12.2 Å². The summed E-state index contributed by atoms with van der Waals surface area (Å²) in [7, 11) is -3.15. The predicted molar refractivity (Wildman–Crippen MR) is 69.7 cm³/mol. The van der Waals surface area contributed by atoms with Crippen molar-refractivity contribution < 1.29 is 23.1 Å². The van der Waals surface area contributed by atoms with Gasteiger partial charge in [0.15, 0.2) is 0 Å². The van der Waals surface area contributed by atoms with Crippen LogP contribution in [0.4, 0.5) is 4.79 Å². The fourth-order valence-corrected chi connectivity index (χ4v) is 3.30. The quantitative estimate of drug-likeness (QED) is 0.746. The van der Waals surface area contributed by atoms with Gasteiger partial charge in [-0.1, -0.05) is 0 Å². The molecule has 2 amide bonds. The Balaban J connectivity index is 2.54. The van der Waals surface area contributed by atoms with Crippen LogP contribution in [-0.4, -0.2) is 61.1 Å². The zero-order valence-electron chi connectivity index (χ0n) is 11.1. The van der Waals surface area contributed by atoms with E-state index < -0.39 is 21.8 Å². The molecule has 2 atom stereocenters. The van der Waals surface area contributed by atoms with E-state index in [4.69, 9.17) is 5.11 Å². The summed E-state index contributed by atoms with van der Waals surface area (Å²) in [6, 6.07) is -1.18. The molecular formula is C11H20N2O5S. The van der Waals surface area contributed by atoms with Crippen molar-refractivity contribution in [2.45, 2.75) is 38.3 Å². The number of aliphatic carboxylic acids is 1. The summed E-state index contributed by atoms with van der Waals surface area (Å²) < 4.78 is 22.2. The number of amides is 2. The first-order valence-corrected chi connectivity index (χ1v) is 8.21. The number of sulfone groups is 1. The van der Waals surface area contributed by atoms with Gasteiger partial charge in [0, 0.05) is 24.9 Å². The largest absolute Gasteiger partial charge is 0.481 e.